The number of hydrogen-bond donors (Lipinski definition) is 2. The number of fused-ring (bicyclic) bond motifs is 1. The van der Waals surface area contributed by atoms with Crippen LogP contribution in [0.2, 0.25) is 5.02 Å². The zero-order valence-corrected chi connectivity index (χ0v) is 21.5. The number of nitrogens with zero attached hydrogens (tertiary/aromatic N) is 1. The largest absolute Gasteiger partial charge is 0.573 e. The third-order valence-corrected chi connectivity index (χ3v) is 6.24. The van der Waals surface area contributed by atoms with Crippen LogP contribution in [0, 0.1) is 0 Å². The number of rotatable bonds is 9. The van der Waals surface area contributed by atoms with E-state index in [-0.39, 0.29) is 12.3 Å². The Morgan fingerprint density at radius 3 is 2.36 bits per heavy atom. The monoisotopic (exact) mass is 564 g/mol. The predicted octanol–water partition coefficient (Wildman–Crippen LogP) is 5.84. The Hall–Kier alpha value is -4.12. The average molecular weight is 565 g/mol. The number of carbonyl (C=O) groups is 2. The van der Waals surface area contributed by atoms with E-state index in [4.69, 9.17) is 21.1 Å². The minimum Gasteiger partial charge on any atom is -0.497 e. The molecule has 1 amide bonds. The Bertz CT molecular complexity index is 1370. The highest BCUT2D eigenvalue weighted by Gasteiger charge is 2.34. The van der Waals surface area contributed by atoms with Crippen molar-refractivity contribution in [3.63, 3.8) is 0 Å². The number of anilines is 2. The van der Waals surface area contributed by atoms with Gasteiger partial charge in [-0.05, 0) is 42.7 Å². The molecule has 1 aliphatic heterocycles. The highest BCUT2D eigenvalue weighted by molar-refractivity contribution is 6.30. The molecule has 0 radical (unpaired) electrons. The first-order valence-corrected chi connectivity index (χ1v) is 12.1. The fraction of sp³-hybridized carbons (Fsp3) is 0.259. The first-order chi connectivity index (χ1) is 18.4. The maximum Gasteiger partial charge on any atom is 0.573 e. The molecule has 2 atom stereocenters. The quantitative estimate of drug-likeness (QED) is 0.337. The maximum absolute atomic E-state index is 13.9. The Balaban J connectivity index is 1.69. The van der Waals surface area contributed by atoms with E-state index in [1.54, 1.807) is 30.3 Å². The number of nitrogens with one attached hydrogen (secondary N) is 1. The molecular formula is C27H24ClF3N2O6. The summed E-state index contributed by atoms with van der Waals surface area (Å²) >= 11 is 6.05. The summed E-state index contributed by atoms with van der Waals surface area (Å²) in [6.45, 7) is 1.62. The zero-order valence-electron chi connectivity index (χ0n) is 20.8. The highest BCUT2D eigenvalue weighted by atomic mass is 35.5. The third kappa shape index (κ3) is 6.85. The minimum absolute atomic E-state index is 0.189. The van der Waals surface area contributed by atoms with Crippen molar-refractivity contribution in [2.45, 2.75) is 31.9 Å². The number of methoxy groups -OCH3 is 1. The fourth-order valence-electron chi connectivity index (χ4n) is 4.15. The van der Waals surface area contributed by atoms with Crippen molar-refractivity contribution in [3.8, 4) is 17.2 Å². The Kier molecular flexibility index (Phi) is 8.10. The number of carbonyl (C=O) groups excluding carboxylic acids is 1. The summed E-state index contributed by atoms with van der Waals surface area (Å²) in [6, 6.07) is 14.1. The molecule has 0 saturated carbocycles. The fourth-order valence-corrected chi connectivity index (χ4v) is 4.27. The number of carboxylic acid groups (broad SMARTS) is 1. The summed E-state index contributed by atoms with van der Waals surface area (Å²) in [6.07, 6.45) is -5.57. The van der Waals surface area contributed by atoms with Crippen molar-refractivity contribution in [1.29, 1.82) is 0 Å². The number of aliphatic carboxylic acids is 1. The number of halogens is 4. The second-order valence-corrected chi connectivity index (χ2v) is 9.14. The molecule has 1 heterocycles. The van der Waals surface area contributed by atoms with Crippen molar-refractivity contribution in [3.05, 3.63) is 76.8 Å². The number of amides is 1. The van der Waals surface area contributed by atoms with Crippen LogP contribution in [-0.4, -0.2) is 43.1 Å². The molecule has 3 aromatic rings. The first kappa shape index (κ1) is 27.9. The normalized spacial score (nSPS) is 14.3. The molecule has 0 fully saturated rings. The molecule has 2 N–H and O–H groups in total. The number of alkyl halides is 3. The summed E-state index contributed by atoms with van der Waals surface area (Å²) in [5.41, 5.74) is 1.92. The molecular weight excluding hydrogens is 541 g/mol. The van der Waals surface area contributed by atoms with E-state index >= 15 is 0 Å². The van der Waals surface area contributed by atoms with Crippen LogP contribution in [0.15, 0.2) is 60.7 Å². The van der Waals surface area contributed by atoms with Gasteiger partial charge in [-0.15, -0.1) is 13.2 Å². The molecule has 0 aromatic heterocycles. The Morgan fingerprint density at radius 1 is 1.03 bits per heavy atom. The van der Waals surface area contributed by atoms with Crippen molar-refractivity contribution in [1.82, 2.24) is 0 Å². The van der Waals surface area contributed by atoms with E-state index < -0.39 is 36.1 Å². The van der Waals surface area contributed by atoms with Gasteiger partial charge in [0.2, 0.25) is 0 Å². The van der Waals surface area contributed by atoms with Crippen molar-refractivity contribution in [2.75, 3.05) is 23.9 Å². The van der Waals surface area contributed by atoms with Gasteiger partial charge in [0.25, 0.3) is 5.91 Å². The van der Waals surface area contributed by atoms with Crippen LogP contribution in [0.4, 0.5) is 24.5 Å². The zero-order chi connectivity index (χ0) is 28.3. The van der Waals surface area contributed by atoms with Gasteiger partial charge in [0, 0.05) is 41.5 Å². The van der Waals surface area contributed by atoms with Crippen LogP contribution < -0.4 is 24.4 Å². The van der Waals surface area contributed by atoms with Gasteiger partial charge in [-0.2, -0.15) is 0 Å². The van der Waals surface area contributed by atoms with Gasteiger partial charge in [0.05, 0.1) is 12.8 Å². The molecule has 39 heavy (non-hydrogen) atoms. The first-order valence-electron chi connectivity index (χ1n) is 11.7. The topological polar surface area (TPSA) is 97.3 Å². The predicted molar refractivity (Wildman–Crippen MR) is 138 cm³/mol. The second kappa shape index (κ2) is 11.3. The third-order valence-electron chi connectivity index (χ3n) is 5.99. The van der Waals surface area contributed by atoms with Gasteiger partial charge < -0.3 is 29.5 Å². The SMILES string of the molecule is COc1cc(NC(C(=O)N2CCc3ccc(OC(F)(F)F)cc32)c2ccc(Cl)cc2)cc(OC(C)C(=O)O)c1. The average Bonchev–Trinajstić information content (AvgIpc) is 3.29. The highest BCUT2D eigenvalue weighted by Crippen LogP contribution is 2.37. The van der Waals surface area contributed by atoms with Crippen LogP contribution in [0.25, 0.3) is 0 Å². The lowest BCUT2D eigenvalue weighted by Crippen LogP contribution is -2.37. The van der Waals surface area contributed by atoms with Crippen LogP contribution in [0.3, 0.4) is 0 Å². The van der Waals surface area contributed by atoms with Gasteiger partial charge in [-0.25, -0.2) is 4.79 Å². The van der Waals surface area contributed by atoms with E-state index in [9.17, 15) is 27.9 Å². The van der Waals surface area contributed by atoms with Crippen LogP contribution in [0.1, 0.15) is 24.1 Å². The van der Waals surface area contributed by atoms with Crippen LogP contribution in [-0.2, 0) is 16.0 Å². The molecule has 12 heteroatoms. The molecule has 0 bridgehead atoms. The smallest absolute Gasteiger partial charge is 0.497 e. The summed E-state index contributed by atoms with van der Waals surface area (Å²) < 4.78 is 53.3. The van der Waals surface area contributed by atoms with Crippen molar-refractivity contribution in [2.24, 2.45) is 0 Å². The molecule has 206 valence electrons. The molecule has 8 nitrogen and oxygen atoms in total. The molecule has 0 aliphatic carbocycles. The second-order valence-electron chi connectivity index (χ2n) is 8.70. The van der Waals surface area contributed by atoms with Crippen molar-refractivity contribution >= 4 is 34.9 Å². The van der Waals surface area contributed by atoms with Crippen LogP contribution >= 0.6 is 11.6 Å². The Morgan fingerprint density at radius 2 is 1.72 bits per heavy atom. The lowest BCUT2D eigenvalue weighted by molar-refractivity contribution is -0.274. The molecule has 1 aliphatic rings. The molecule has 0 saturated heterocycles. The Labute approximate surface area is 226 Å². The molecule has 2 unspecified atom stereocenters. The lowest BCUT2D eigenvalue weighted by Gasteiger charge is -2.27. The lowest BCUT2D eigenvalue weighted by atomic mass is 10.0. The van der Waals surface area contributed by atoms with E-state index in [1.165, 1.54) is 49.3 Å². The van der Waals surface area contributed by atoms with E-state index in [1.807, 2.05) is 0 Å². The van der Waals surface area contributed by atoms with Gasteiger partial charge in [-0.1, -0.05) is 29.8 Å². The number of hydrogen-bond acceptors (Lipinski definition) is 6. The van der Waals surface area contributed by atoms with Gasteiger partial charge in [-0.3, -0.25) is 4.79 Å². The summed E-state index contributed by atoms with van der Waals surface area (Å²) in [5, 5.41) is 12.8. The summed E-state index contributed by atoms with van der Waals surface area (Å²) in [4.78, 5) is 26.6. The minimum atomic E-state index is -4.88. The molecule has 4 rings (SSSR count). The summed E-state index contributed by atoms with van der Waals surface area (Å²) in [7, 11) is 1.42. The van der Waals surface area contributed by atoms with Gasteiger partial charge >= 0.3 is 12.3 Å². The van der Waals surface area contributed by atoms with E-state index in [0.29, 0.717) is 39.7 Å². The van der Waals surface area contributed by atoms with Gasteiger partial charge in [0.1, 0.15) is 23.3 Å². The molecule has 3 aromatic carbocycles. The number of benzene rings is 3. The maximum atomic E-state index is 13.9. The number of carboxylic acids is 1. The summed E-state index contributed by atoms with van der Waals surface area (Å²) in [5.74, 6) is -1.50. The standard InChI is InChI=1S/C27H24ClF3N2O6/c1-15(26(35)36)38-22-12-19(11-21(13-22)37-2)32-24(17-3-6-18(28)7-4-17)25(34)33-10-9-16-5-8-20(14-23(16)33)39-27(29,30)31/h3-8,11-15,24,32H,9-10H2,1-2H3,(H,35,36). The van der Waals surface area contributed by atoms with Crippen molar-refractivity contribution < 1.29 is 42.1 Å². The molecule has 0 spiro atoms. The van der Waals surface area contributed by atoms with Gasteiger partial charge in [0.15, 0.2) is 6.10 Å². The van der Waals surface area contributed by atoms with E-state index in [2.05, 4.69) is 10.1 Å². The van der Waals surface area contributed by atoms with Crippen LogP contribution in [0.5, 0.6) is 17.2 Å². The van der Waals surface area contributed by atoms with E-state index in [0.717, 1.165) is 0 Å². The number of ether oxygens (including phenoxy) is 3.